The number of hydrogen-bond acceptors (Lipinski definition) is 5. The third-order valence-electron chi connectivity index (χ3n) is 5.76. The zero-order chi connectivity index (χ0) is 18.1. The number of carbonyl (C=O) groups excluding carboxylic acids is 1. The van der Waals surface area contributed by atoms with Crippen molar-refractivity contribution in [3.63, 3.8) is 0 Å². The van der Waals surface area contributed by atoms with Gasteiger partial charge in [0.1, 0.15) is 0 Å². The highest BCUT2D eigenvalue weighted by Gasteiger charge is 2.44. The number of thiophene rings is 1. The minimum Gasteiger partial charge on any atom is -0.352 e. The quantitative estimate of drug-likeness (QED) is 0.898. The zero-order valence-corrected chi connectivity index (χ0v) is 16.3. The normalized spacial score (nSPS) is 21.2. The summed E-state index contributed by atoms with van der Waals surface area (Å²) in [5, 5.41) is 5.45. The van der Waals surface area contributed by atoms with E-state index in [1.807, 2.05) is 25.2 Å². The predicted molar refractivity (Wildman–Crippen MR) is 105 cm³/mol. The molecule has 1 unspecified atom stereocenters. The van der Waals surface area contributed by atoms with Gasteiger partial charge in [-0.15, -0.1) is 11.3 Å². The Balaban J connectivity index is 1.49. The number of aryl methyl sites for hydroxylation is 1. The first-order chi connectivity index (χ1) is 12.6. The minimum absolute atomic E-state index is 0.182. The van der Waals surface area contributed by atoms with Crippen LogP contribution < -0.4 is 10.2 Å². The summed E-state index contributed by atoms with van der Waals surface area (Å²) >= 11 is 1.72. The number of carbonyl (C=O) groups is 1. The van der Waals surface area contributed by atoms with Crippen LogP contribution in [0.25, 0.3) is 0 Å². The lowest BCUT2D eigenvalue weighted by atomic mass is 9.82. The van der Waals surface area contributed by atoms with Gasteiger partial charge in [0.05, 0.1) is 5.41 Å². The van der Waals surface area contributed by atoms with Crippen LogP contribution in [0.3, 0.4) is 0 Å². The Labute approximate surface area is 158 Å². The summed E-state index contributed by atoms with van der Waals surface area (Å²) in [6.07, 6.45) is 8.82. The molecule has 4 rings (SSSR count). The van der Waals surface area contributed by atoms with Gasteiger partial charge in [-0.1, -0.05) is 18.9 Å². The van der Waals surface area contributed by atoms with E-state index in [1.54, 1.807) is 11.3 Å². The fraction of sp³-hybridized carbons (Fsp3) is 0.550. The number of rotatable bonds is 4. The molecule has 26 heavy (non-hydrogen) atoms. The molecule has 0 radical (unpaired) electrons. The molecule has 0 saturated heterocycles. The summed E-state index contributed by atoms with van der Waals surface area (Å²) in [6.45, 7) is 0. The molecule has 6 heteroatoms. The van der Waals surface area contributed by atoms with Gasteiger partial charge < -0.3 is 10.2 Å². The molecule has 2 aromatic rings. The summed E-state index contributed by atoms with van der Waals surface area (Å²) < 4.78 is 0. The summed E-state index contributed by atoms with van der Waals surface area (Å²) in [6, 6.07) is 4.37. The minimum atomic E-state index is -0.306. The van der Waals surface area contributed by atoms with E-state index in [-0.39, 0.29) is 17.4 Å². The van der Waals surface area contributed by atoms with Gasteiger partial charge in [-0.3, -0.25) is 4.79 Å². The number of anilines is 1. The molecule has 1 fully saturated rings. The van der Waals surface area contributed by atoms with Crippen LogP contribution in [0.5, 0.6) is 0 Å². The lowest BCUT2D eigenvalue weighted by Crippen LogP contribution is -2.48. The van der Waals surface area contributed by atoms with E-state index in [0.29, 0.717) is 0 Å². The number of fused-ring (bicyclic) bond motifs is 1. The standard InChI is InChI=1S/C20H26N4OS/c1-24(2)19-21-13-14-12-15(7-8-16(14)23-19)22-18(25)20(9-3-4-10-20)17-6-5-11-26-17/h5-6,11,13,15H,3-4,7-10,12H2,1-2H3,(H,22,25). The predicted octanol–water partition coefficient (Wildman–Crippen LogP) is 3.09. The van der Waals surface area contributed by atoms with Gasteiger partial charge >= 0.3 is 0 Å². The van der Waals surface area contributed by atoms with Crippen LogP contribution in [0.15, 0.2) is 23.7 Å². The van der Waals surface area contributed by atoms with Crippen molar-refractivity contribution in [2.75, 3.05) is 19.0 Å². The van der Waals surface area contributed by atoms with Gasteiger partial charge in [0.2, 0.25) is 11.9 Å². The van der Waals surface area contributed by atoms with E-state index in [0.717, 1.165) is 56.6 Å². The first-order valence-electron chi connectivity index (χ1n) is 9.45. The fourth-order valence-corrected chi connectivity index (χ4v) is 5.26. The summed E-state index contributed by atoms with van der Waals surface area (Å²) in [5.74, 6) is 0.977. The van der Waals surface area contributed by atoms with Crippen LogP contribution >= 0.6 is 11.3 Å². The summed E-state index contributed by atoms with van der Waals surface area (Å²) in [7, 11) is 3.92. The molecule has 1 amide bonds. The van der Waals surface area contributed by atoms with E-state index < -0.39 is 0 Å². The molecule has 0 aromatic carbocycles. The van der Waals surface area contributed by atoms with Crippen molar-refractivity contribution in [2.45, 2.75) is 56.4 Å². The number of hydrogen-bond donors (Lipinski definition) is 1. The van der Waals surface area contributed by atoms with Crippen molar-refractivity contribution in [3.8, 4) is 0 Å². The zero-order valence-electron chi connectivity index (χ0n) is 15.5. The fourth-order valence-electron chi connectivity index (χ4n) is 4.27. The van der Waals surface area contributed by atoms with Crippen molar-refractivity contribution >= 4 is 23.2 Å². The Bertz CT molecular complexity index is 781. The molecule has 2 aromatic heterocycles. The largest absolute Gasteiger partial charge is 0.352 e. The maximum Gasteiger partial charge on any atom is 0.231 e. The Kier molecular flexibility index (Phi) is 4.69. The monoisotopic (exact) mass is 370 g/mol. The van der Waals surface area contributed by atoms with E-state index in [9.17, 15) is 4.79 Å². The Hall–Kier alpha value is -1.95. The second kappa shape index (κ2) is 6.99. The third kappa shape index (κ3) is 3.11. The van der Waals surface area contributed by atoms with Gasteiger partial charge in [-0.2, -0.15) is 0 Å². The van der Waals surface area contributed by atoms with Crippen molar-refractivity contribution in [3.05, 3.63) is 39.8 Å². The molecule has 1 saturated carbocycles. The number of aromatic nitrogens is 2. The van der Waals surface area contributed by atoms with Crippen molar-refractivity contribution in [2.24, 2.45) is 0 Å². The smallest absolute Gasteiger partial charge is 0.231 e. The molecular formula is C20H26N4OS. The SMILES string of the molecule is CN(C)c1ncc2c(n1)CCC(NC(=O)C1(c3cccs3)CCCC1)C2. The van der Waals surface area contributed by atoms with Crippen molar-refractivity contribution in [1.29, 1.82) is 0 Å². The maximum absolute atomic E-state index is 13.2. The van der Waals surface area contributed by atoms with Crippen molar-refractivity contribution in [1.82, 2.24) is 15.3 Å². The van der Waals surface area contributed by atoms with Gasteiger partial charge in [0.15, 0.2) is 0 Å². The molecule has 2 heterocycles. The van der Waals surface area contributed by atoms with Gasteiger partial charge in [0.25, 0.3) is 0 Å². The molecule has 1 N–H and O–H groups in total. The topological polar surface area (TPSA) is 58.1 Å². The average Bonchev–Trinajstić information content (AvgIpc) is 3.33. The molecule has 0 bridgehead atoms. The van der Waals surface area contributed by atoms with Gasteiger partial charge in [0, 0.05) is 36.9 Å². The Morgan fingerprint density at radius 2 is 2.15 bits per heavy atom. The molecule has 5 nitrogen and oxygen atoms in total. The lowest BCUT2D eigenvalue weighted by Gasteiger charge is -2.31. The average molecular weight is 371 g/mol. The summed E-state index contributed by atoms with van der Waals surface area (Å²) in [5.41, 5.74) is 1.99. The highest BCUT2D eigenvalue weighted by molar-refractivity contribution is 7.10. The van der Waals surface area contributed by atoms with E-state index in [4.69, 9.17) is 0 Å². The van der Waals surface area contributed by atoms with Crippen LogP contribution in [0.1, 0.15) is 48.2 Å². The highest BCUT2D eigenvalue weighted by Crippen LogP contribution is 2.43. The molecule has 1 atom stereocenters. The number of nitrogens with zero attached hydrogens (tertiary/aromatic N) is 3. The number of amides is 1. The van der Waals surface area contributed by atoms with Crippen LogP contribution in [0, 0.1) is 0 Å². The van der Waals surface area contributed by atoms with Gasteiger partial charge in [-0.25, -0.2) is 9.97 Å². The van der Waals surface area contributed by atoms with Crippen LogP contribution in [0.2, 0.25) is 0 Å². The second-order valence-electron chi connectivity index (χ2n) is 7.72. The van der Waals surface area contributed by atoms with E-state index in [2.05, 4.69) is 32.8 Å². The molecule has 138 valence electrons. The van der Waals surface area contributed by atoms with E-state index >= 15 is 0 Å². The summed E-state index contributed by atoms with van der Waals surface area (Å²) in [4.78, 5) is 25.5. The van der Waals surface area contributed by atoms with E-state index in [1.165, 1.54) is 10.4 Å². The molecule has 2 aliphatic carbocycles. The molecule has 0 spiro atoms. The van der Waals surface area contributed by atoms with Crippen molar-refractivity contribution < 1.29 is 4.79 Å². The van der Waals surface area contributed by atoms with Crippen LogP contribution in [-0.4, -0.2) is 36.0 Å². The lowest BCUT2D eigenvalue weighted by molar-refractivity contribution is -0.127. The maximum atomic E-state index is 13.2. The highest BCUT2D eigenvalue weighted by atomic mass is 32.1. The Morgan fingerprint density at radius 1 is 1.35 bits per heavy atom. The molecular weight excluding hydrogens is 344 g/mol. The Morgan fingerprint density at radius 3 is 2.85 bits per heavy atom. The second-order valence-corrected chi connectivity index (χ2v) is 8.66. The van der Waals surface area contributed by atoms with Gasteiger partial charge in [-0.05, 0) is 49.1 Å². The van der Waals surface area contributed by atoms with Crippen LogP contribution in [-0.2, 0) is 23.1 Å². The first-order valence-corrected chi connectivity index (χ1v) is 10.3. The first kappa shape index (κ1) is 17.5. The third-order valence-corrected chi connectivity index (χ3v) is 6.83. The molecule has 2 aliphatic rings. The van der Waals surface area contributed by atoms with Crippen LogP contribution in [0.4, 0.5) is 5.95 Å². The molecule has 0 aliphatic heterocycles. The number of nitrogens with one attached hydrogen (secondary N) is 1.